The van der Waals surface area contributed by atoms with Crippen LogP contribution >= 0.6 is 0 Å². The zero-order valence-electron chi connectivity index (χ0n) is 18.0. The van der Waals surface area contributed by atoms with E-state index in [-0.39, 0.29) is 23.4 Å². The van der Waals surface area contributed by atoms with Gasteiger partial charge >= 0.3 is 6.03 Å². The summed E-state index contributed by atoms with van der Waals surface area (Å²) in [7, 11) is 0. The summed E-state index contributed by atoms with van der Waals surface area (Å²) < 4.78 is 0. The first-order valence-corrected chi connectivity index (χ1v) is 10.6. The molecular weight excluding hydrogens is 426 g/mol. The van der Waals surface area contributed by atoms with Gasteiger partial charge in [0.1, 0.15) is 6.04 Å². The minimum atomic E-state index is -0.672. The standard InChI is InChI=1S/C22H23N7O4/c1-14-20(31)29(18-4-2-15(10-23)3-5-18)22(32)28(14)13-16-6-8-27(9-7-16)21-24-11-17(12-25-21)19(30)26-33/h2-5,11-12,14,16,33H,6-9,13H2,1H3,(H,26,30). The van der Waals surface area contributed by atoms with Gasteiger partial charge in [-0.15, -0.1) is 0 Å². The van der Waals surface area contributed by atoms with Gasteiger partial charge in [0, 0.05) is 32.0 Å². The molecule has 2 aromatic rings. The number of imide groups is 1. The fraction of sp³-hybridized carbons (Fsp3) is 0.364. The molecule has 2 saturated heterocycles. The van der Waals surface area contributed by atoms with E-state index in [1.54, 1.807) is 41.6 Å². The highest BCUT2D eigenvalue weighted by molar-refractivity contribution is 6.21. The fourth-order valence-corrected chi connectivity index (χ4v) is 4.13. The number of benzene rings is 1. The number of amides is 4. The van der Waals surface area contributed by atoms with Crippen LogP contribution in [0.15, 0.2) is 36.7 Å². The van der Waals surface area contributed by atoms with Crippen LogP contribution in [-0.4, -0.2) is 63.6 Å². The largest absolute Gasteiger partial charge is 0.341 e. The van der Waals surface area contributed by atoms with E-state index in [0.717, 1.165) is 12.8 Å². The number of piperidine rings is 1. The summed E-state index contributed by atoms with van der Waals surface area (Å²) >= 11 is 0. The van der Waals surface area contributed by atoms with Crippen molar-refractivity contribution in [2.75, 3.05) is 29.4 Å². The molecule has 2 aliphatic rings. The third-order valence-electron chi connectivity index (χ3n) is 6.09. The molecule has 33 heavy (non-hydrogen) atoms. The predicted molar refractivity (Wildman–Crippen MR) is 116 cm³/mol. The van der Waals surface area contributed by atoms with E-state index in [9.17, 15) is 14.4 Å². The first-order valence-electron chi connectivity index (χ1n) is 10.6. The molecule has 11 nitrogen and oxygen atoms in total. The average molecular weight is 449 g/mol. The van der Waals surface area contributed by atoms with Gasteiger partial charge in [0.15, 0.2) is 0 Å². The van der Waals surface area contributed by atoms with Crippen molar-refractivity contribution in [3.63, 3.8) is 0 Å². The van der Waals surface area contributed by atoms with E-state index >= 15 is 0 Å². The maximum Gasteiger partial charge on any atom is 0.332 e. The van der Waals surface area contributed by atoms with Gasteiger partial charge in [0.2, 0.25) is 5.95 Å². The van der Waals surface area contributed by atoms with E-state index in [1.165, 1.54) is 17.3 Å². The van der Waals surface area contributed by atoms with E-state index in [2.05, 4.69) is 9.97 Å². The SMILES string of the molecule is CC1C(=O)N(c2ccc(C#N)cc2)C(=O)N1CC1CCN(c2ncc(C(=O)NO)cn2)CC1. The van der Waals surface area contributed by atoms with Crippen molar-refractivity contribution >= 4 is 29.5 Å². The Morgan fingerprint density at radius 2 is 1.82 bits per heavy atom. The van der Waals surface area contributed by atoms with E-state index in [0.29, 0.717) is 36.8 Å². The number of hydrogen-bond donors (Lipinski definition) is 2. The van der Waals surface area contributed by atoms with Gasteiger partial charge < -0.3 is 9.80 Å². The first kappa shape index (κ1) is 22.2. The van der Waals surface area contributed by atoms with Gasteiger partial charge in [-0.3, -0.25) is 14.8 Å². The zero-order chi connectivity index (χ0) is 23.5. The zero-order valence-corrected chi connectivity index (χ0v) is 18.0. The first-order chi connectivity index (χ1) is 15.9. The van der Waals surface area contributed by atoms with Crippen LogP contribution in [0.1, 0.15) is 35.7 Å². The number of nitrogens with one attached hydrogen (secondary N) is 1. The molecule has 0 saturated carbocycles. The molecule has 11 heteroatoms. The van der Waals surface area contributed by atoms with Crippen molar-refractivity contribution in [3.05, 3.63) is 47.8 Å². The highest BCUT2D eigenvalue weighted by Gasteiger charge is 2.44. The number of rotatable bonds is 5. The Morgan fingerprint density at radius 1 is 1.18 bits per heavy atom. The highest BCUT2D eigenvalue weighted by Crippen LogP contribution is 2.29. The van der Waals surface area contributed by atoms with Gasteiger partial charge in [-0.05, 0) is 49.9 Å². The van der Waals surface area contributed by atoms with Gasteiger partial charge in [-0.2, -0.15) is 5.26 Å². The predicted octanol–water partition coefficient (Wildman–Crippen LogP) is 1.54. The Balaban J connectivity index is 1.37. The van der Waals surface area contributed by atoms with Crippen molar-refractivity contribution in [1.29, 1.82) is 5.26 Å². The molecule has 2 N–H and O–H groups in total. The van der Waals surface area contributed by atoms with Crippen LogP contribution in [0.2, 0.25) is 0 Å². The van der Waals surface area contributed by atoms with Crippen LogP contribution in [0.3, 0.4) is 0 Å². The lowest BCUT2D eigenvalue weighted by molar-refractivity contribution is -0.119. The second-order valence-corrected chi connectivity index (χ2v) is 8.09. The molecule has 0 bridgehead atoms. The molecule has 2 aliphatic heterocycles. The number of carbonyl (C=O) groups is 3. The van der Waals surface area contributed by atoms with Gasteiger partial charge in [0.25, 0.3) is 11.8 Å². The van der Waals surface area contributed by atoms with Crippen LogP contribution in [0.5, 0.6) is 0 Å². The minimum Gasteiger partial charge on any atom is -0.341 e. The van der Waals surface area contributed by atoms with Crippen molar-refractivity contribution in [3.8, 4) is 6.07 Å². The Labute approximate surface area is 190 Å². The maximum absolute atomic E-state index is 13.0. The highest BCUT2D eigenvalue weighted by atomic mass is 16.5. The molecule has 1 aromatic carbocycles. The van der Waals surface area contributed by atoms with E-state index in [4.69, 9.17) is 10.5 Å². The topological polar surface area (TPSA) is 143 Å². The van der Waals surface area contributed by atoms with Crippen LogP contribution in [0, 0.1) is 17.2 Å². The summed E-state index contributed by atoms with van der Waals surface area (Å²) in [5.41, 5.74) is 2.63. The Kier molecular flexibility index (Phi) is 6.19. The lowest BCUT2D eigenvalue weighted by Crippen LogP contribution is -2.42. The molecule has 4 amide bonds. The van der Waals surface area contributed by atoms with Crippen LogP contribution in [-0.2, 0) is 4.79 Å². The third-order valence-corrected chi connectivity index (χ3v) is 6.09. The lowest BCUT2D eigenvalue weighted by atomic mass is 9.96. The molecule has 0 radical (unpaired) electrons. The molecular formula is C22H23N7O4. The van der Waals surface area contributed by atoms with Crippen molar-refractivity contribution in [2.45, 2.75) is 25.8 Å². The van der Waals surface area contributed by atoms with Crippen molar-refractivity contribution < 1.29 is 19.6 Å². The average Bonchev–Trinajstić information content (AvgIpc) is 3.07. The summed E-state index contributed by atoms with van der Waals surface area (Å²) in [4.78, 5) is 50.4. The molecule has 0 spiro atoms. The summed E-state index contributed by atoms with van der Waals surface area (Å²) in [5.74, 6) is -0.228. The summed E-state index contributed by atoms with van der Waals surface area (Å²) in [6, 6.07) is 7.52. The summed E-state index contributed by atoms with van der Waals surface area (Å²) in [6.45, 7) is 3.57. The Bertz CT molecular complexity index is 1090. The lowest BCUT2D eigenvalue weighted by Gasteiger charge is -2.34. The van der Waals surface area contributed by atoms with Crippen molar-refractivity contribution in [2.24, 2.45) is 5.92 Å². The molecule has 170 valence electrons. The number of carbonyl (C=O) groups excluding carboxylic acids is 3. The van der Waals surface area contributed by atoms with Crippen molar-refractivity contribution in [1.82, 2.24) is 20.3 Å². The minimum absolute atomic E-state index is 0.161. The number of nitrogens with zero attached hydrogens (tertiary/aromatic N) is 6. The molecule has 1 atom stereocenters. The molecule has 3 heterocycles. The maximum atomic E-state index is 13.0. The van der Waals surface area contributed by atoms with E-state index < -0.39 is 11.9 Å². The third kappa shape index (κ3) is 4.33. The number of anilines is 2. The smallest absolute Gasteiger partial charge is 0.332 e. The number of nitriles is 1. The second-order valence-electron chi connectivity index (χ2n) is 8.09. The monoisotopic (exact) mass is 449 g/mol. The van der Waals surface area contributed by atoms with Crippen LogP contribution < -0.4 is 15.3 Å². The number of aromatic nitrogens is 2. The van der Waals surface area contributed by atoms with Gasteiger partial charge in [-0.1, -0.05) is 0 Å². The Morgan fingerprint density at radius 3 is 2.39 bits per heavy atom. The molecule has 0 aliphatic carbocycles. The molecule has 2 fully saturated rings. The molecule has 1 aromatic heterocycles. The summed E-state index contributed by atoms with van der Waals surface area (Å²) in [5, 5.41) is 17.6. The number of hydroxylamine groups is 1. The number of urea groups is 1. The number of hydrogen-bond acceptors (Lipinski definition) is 8. The second kappa shape index (κ2) is 9.22. The van der Waals surface area contributed by atoms with Gasteiger partial charge in [0.05, 0.1) is 22.9 Å². The summed E-state index contributed by atoms with van der Waals surface area (Å²) in [6.07, 6.45) is 4.30. The molecule has 1 unspecified atom stereocenters. The van der Waals surface area contributed by atoms with Gasteiger partial charge in [-0.25, -0.2) is 25.1 Å². The molecule has 4 rings (SSSR count). The van der Waals surface area contributed by atoms with Crippen LogP contribution in [0.4, 0.5) is 16.4 Å². The van der Waals surface area contributed by atoms with Crippen LogP contribution in [0.25, 0.3) is 0 Å². The normalized spacial score (nSPS) is 19.1. The quantitative estimate of drug-likeness (QED) is 0.398. The fourth-order valence-electron chi connectivity index (χ4n) is 4.13. The van der Waals surface area contributed by atoms with E-state index in [1.807, 2.05) is 11.0 Å². The Hall–Kier alpha value is -4.04.